The molecule has 0 saturated heterocycles. The molecule has 3 heteroatoms. The largest absolute Gasteiger partial charge is 0.325 e. The van der Waals surface area contributed by atoms with E-state index < -0.39 is 0 Å². The van der Waals surface area contributed by atoms with Gasteiger partial charge in [-0.3, -0.25) is 4.98 Å². The first-order chi connectivity index (χ1) is 8.22. The number of hydrogen-bond acceptors (Lipinski definition) is 3. The highest BCUT2D eigenvalue weighted by Crippen LogP contribution is 2.28. The van der Waals surface area contributed by atoms with Gasteiger partial charge in [-0.2, -0.15) is 0 Å². The molecule has 0 bridgehead atoms. The number of hydrogen-bond donors (Lipinski definition) is 1. The second-order valence-corrected chi connectivity index (χ2v) is 6.45. The van der Waals surface area contributed by atoms with Crippen molar-refractivity contribution >= 4 is 0 Å². The second kappa shape index (κ2) is 5.81. The van der Waals surface area contributed by atoms with Crippen LogP contribution in [0.3, 0.4) is 0 Å². The number of aromatic nitrogens is 1. The van der Waals surface area contributed by atoms with Crippen molar-refractivity contribution in [2.75, 3.05) is 20.1 Å². The van der Waals surface area contributed by atoms with Crippen molar-refractivity contribution in [3.63, 3.8) is 0 Å². The van der Waals surface area contributed by atoms with E-state index in [1.54, 1.807) is 0 Å². The van der Waals surface area contributed by atoms with Crippen LogP contribution in [-0.4, -0.2) is 35.6 Å². The summed E-state index contributed by atoms with van der Waals surface area (Å²) in [7, 11) is 2.16. The van der Waals surface area contributed by atoms with Gasteiger partial charge in [-0.25, -0.2) is 0 Å². The molecule has 0 aliphatic heterocycles. The average Bonchev–Trinajstić information content (AvgIpc) is 2.26. The quantitative estimate of drug-likeness (QED) is 0.841. The molecule has 0 saturated carbocycles. The fraction of sp³-hybridized carbons (Fsp3) is 0.667. The molecule has 0 aliphatic carbocycles. The van der Waals surface area contributed by atoms with Crippen molar-refractivity contribution < 1.29 is 0 Å². The minimum Gasteiger partial charge on any atom is -0.325 e. The molecular weight excluding hydrogens is 222 g/mol. The highest BCUT2D eigenvalue weighted by molar-refractivity contribution is 5.09. The Bertz CT molecular complexity index is 352. The number of rotatable bonds is 6. The number of nitrogens with two attached hydrogens (primary N) is 1. The lowest BCUT2D eigenvalue weighted by atomic mass is 9.75. The Morgan fingerprint density at radius 1 is 1.17 bits per heavy atom. The smallest absolute Gasteiger partial charge is 0.0270 e. The first kappa shape index (κ1) is 15.1. The Balaban J connectivity index is 2.45. The first-order valence-corrected chi connectivity index (χ1v) is 6.59. The van der Waals surface area contributed by atoms with E-state index >= 15 is 0 Å². The standard InChI is InChI=1S/C15H27N3/c1-14(2,15(3,4)16)12-18(5)11-8-13-6-9-17-10-7-13/h6-7,9-10H,8,11-12,16H2,1-5H3. The Kier molecular flexibility index (Phi) is 4.88. The van der Waals surface area contributed by atoms with E-state index in [4.69, 9.17) is 5.73 Å². The zero-order valence-corrected chi connectivity index (χ0v) is 12.4. The van der Waals surface area contributed by atoms with Crippen LogP contribution in [0, 0.1) is 5.41 Å². The summed E-state index contributed by atoms with van der Waals surface area (Å²) in [4.78, 5) is 6.39. The fourth-order valence-electron chi connectivity index (χ4n) is 1.83. The van der Waals surface area contributed by atoms with Crippen LogP contribution in [0.1, 0.15) is 33.3 Å². The monoisotopic (exact) mass is 249 g/mol. The summed E-state index contributed by atoms with van der Waals surface area (Å²) in [5, 5.41) is 0. The lowest BCUT2D eigenvalue weighted by Crippen LogP contribution is -2.52. The summed E-state index contributed by atoms with van der Waals surface area (Å²) >= 11 is 0. The topological polar surface area (TPSA) is 42.2 Å². The molecule has 3 nitrogen and oxygen atoms in total. The molecule has 0 aliphatic rings. The molecule has 0 aromatic carbocycles. The van der Waals surface area contributed by atoms with Crippen LogP contribution in [0.5, 0.6) is 0 Å². The highest BCUT2D eigenvalue weighted by Gasteiger charge is 2.34. The van der Waals surface area contributed by atoms with Gasteiger partial charge in [0.2, 0.25) is 0 Å². The minimum absolute atomic E-state index is 0.0972. The zero-order chi connectivity index (χ0) is 13.8. The molecule has 0 atom stereocenters. The zero-order valence-electron chi connectivity index (χ0n) is 12.4. The van der Waals surface area contributed by atoms with Gasteiger partial charge in [0, 0.05) is 31.0 Å². The van der Waals surface area contributed by atoms with Crippen molar-refractivity contribution in [1.29, 1.82) is 0 Å². The van der Waals surface area contributed by atoms with Crippen LogP contribution in [-0.2, 0) is 6.42 Å². The molecule has 1 aromatic heterocycles. The molecule has 0 unspecified atom stereocenters. The van der Waals surface area contributed by atoms with Crippen LogP contribution in [0.15, 0.2) is 24.5 Å². The summed E-state index contributed by atoms with van der Waals surface area (Å²) in [5.74, 6) is 0. The van der Waals surface area contributed by atoms with E-state index in [0.29, 0.717) is 0 Å². The number of nitrogens with zero attached hydrogens (tertiary/aromatic N) is 2. The van der Waals surface area contributed by atoms with E-state index in [1.165, 1.54) is 5.56 Å². The van der Waals surface area contributed by atoms with Gasteiger partial charge >= 0.3 is 0 Å². The molecule has 1 rings (SSSR count). The van der Waals surface area contributed by atoms with E-state index in [9.17, 15) is 0 Å². The Labute approximate surface area is 111 Å². The number of pyridine rings is 1. The Morgan fingerprint density at radius 3 is 2.22 bits per heavy atom. The van der Waals surface area contributed by atoms with Gasteiger partial charge < -0.3 is 10.6 Å². The van der Waals surface area contributed by atoms with Gasteiger partial charge in [0.15, 0.2) is 0 Å². The van der Waals surface area contributed by atoms with E-state index in [0.717, 1.165) is 19.5 Å². The third-order valence-corrected chi connectivity index (χ3v) is 3.94. The third kappa shape index (κ3) is 4.39. The third-order valence-electron chi connectivity index (χ3n) is 3.94. The molecule has 0 fully saturated rings. The summed E-state index contributed by atoms with van der Waals surface area (Å²) < 4.78 is 0. The minimum atomic E-state index is -0.169. The first-order valence-electron chi connectivity index (χ1n) is 6.59. The van der Waals surface area contributed by atoms with Crippen LogP contribution < -0.4 is 5.73 Å². The van der Waals surface area contributed by atoms with E-state index in [1.807, 2.05) is 12.4 Å². The predicted molar refractivity (Wildman–Crippen MR) is 77.5 cm³/mol. The summed E-state index contributed by atoms with van der Waals surface area (Å²) in [6.07, 6.45) is 4.75. The van der Waals surface area contributed by atoms with Crippen molar-refractivity contribution in [3.8, 4) is 0 Å². The molecule has 102 valence electrons. The molecule has 18 heavy (non-hydrogen) atoms. The van der Waals surface area contributed by atoms with Crippen molar-refractivity contribution in [2.24, 2.45) is 11.1 Å². The lowest BCUT2D eigenvalue weighted by molar-refractivity contribution is 0.131. The van der Waals surface area contributed by atoms with Gasteiger partial charge in [-0.1, -0.05) is 13.8 Å². The van der Waals surface area contributed by atoms with Crippen molar-refractivity contribution in [2.45, 2.75) is 39.7 Å². The SMILES string of the molecule is CN(CCc1ccncc1)CC(C)(C)C(C)(C)N. The Hall–Kier alpha value is -0.930. The second-order valence-electron chi connectivity index (χ2n) is 6.45. The number of likely N-dealkylation sites (N-methyl/N-ethyl adjacent to an activating group) is 1. The summed E-state index contributed by atoms with van der Waals surface area (Å²) in [6, 6.07) is 4.15. The molecular formula is C15H27N3. The molecule has 1 aromatic rings. The molecule has 0 amide bonds. The Morgan fingerprint density at radius 2 is 1.72 bits per heavy atom. The summed E-state index contributed by atoms with van der Waals surface area (Å²) in [5.41, 5.74) is 7.50. The van der Waals surface area contributed by atoms with Gasteiger partial charge in [-0.05, 0) is 50.4 Å². The van der Waals surface area contributed by atoms with E-state index in [2.05, 4.69) is 56.8 Å². The molecule has 0 radical (unpaired) electrons. The van der Waals surface area contributed by atoms with Gasteiger partial charge in [0.1, 0.15) is 0 Å². The maximum atomic E-state index is 6.23. The van der Waals surface area contributed by atoms with Crippen molar-refractivity contribution in [3.05, 3.63) is 30.1 Å². The average molecular weight is 249 g/mol. The normalized spacial score (nSPS) is 13.1. The van der Waals surface area contributed by atoms with Crippen molar-refractivity contribution in [1.82, 2.24) is 9.88 Å². The summed E-state index contributed by atoms with van der Waals surface area (Å²) in [6.45, 7) is 10.7. The van der Waals surface area contributed by atoms with Gasteiger partial charge in [0.25, 0.3) is 0 Å². The van der Waals surface area contributed by atoms with E-state index in [-0.39, 0.29) is 11.0 Å². The lowest BCUT2D eigenvalue weighted by Gasteiger charge is -2.41. The van der Waals surface area contributed by atoms with Gasteiger partial charge in [-0.15, -0.1) is 0 Å². The van der Waals surface area contributed by atoms with Crippen LogP contribution in [0.2, 0.25) is 0 Å². The maximum absolute atomic E-state index is 6.23. The highest BCUT2D eigenvalue weighted by atomic mass is 15.1. The predicted octanol–water partition coefficient (Wildman–Crippen LogP) is 2.32. The maximum Gasteiger partial charge on any atom is 0.0270 e. The van der Waals surface area contributed by atoms with Crippen LogP contribution in [0.4, 0.5) is 0 Å². The molecule has 1 heterocycles. The van der Waals surface area contributed by atoms with Crippen LogP contribution >= 0.6 is 0 Å². The van der Waals surface area contributed by atoms with Crippen LogP contribution in [0.25, 0.3) is 0 Å². The van der Waals surface area contributed by atoms with Gasteiger partial charge in [0.05, 0.1) is 0 Å². The fourth-order valence-corrected chi connectivity index (χ4v) is 1.83. The molecule has 0 spiro atoms. The molecule has 2 N–H and O–H groups in total.